The van der Waals surface area contributed by atoms with E-state index in [9.17, 15) is 10.1 Å². The Bertz CT molecular complexity index is 352. The standard InChI is InChI=1S/C9H13N3O2/c1-6-2-3-7(8(11)5-10)9(4-6)12(13)14/h2-4,8H,5,10-11H2,1H3. The zero-order chi connectivity index (χ0) is 10.7. The maximum absolute atomic E-state index is 10.7. The fourth-order valence-corrected chi connectivity index (χ4v) is 1.25. The molecule has 0 aliphatic rings. The van der Waals surface area contributed by atoms with E-state index in [1.807, 2.05) is 0 Å². The van der Waals surface area contributed by atoms with Crippen molar-refractivity contribution in [3.8, 4) is 0 Å². The van der Waals surface area contributed by atoms with Crippen molar-refractivity contribution in [3.05, 3.63) is 39.4 Å². The Morgan fingerprint density at radius 2 is 2.21 bits per heavy atom. The lowest BCUT2D eigenvalue weighted by Crippen LogP contribution is -2.21. The molecule has 14 heavy (non-hydrogen) atoms. The number of aryl methyl sites for hydroxylation is 1. The van der Waals surface area contributed by atoms with Gasteiger partial charge in [-0.15, -0.1) is 0 Å². The largest absolute Gasteiger partial charge is 0.329 e. The van der Waals surface area contributed by atoms with Gasteiger partial charge in [-0.1, -0.05) is 12.1 Å². The quantitative estimate of drug-likeness (QED) is 0.552. The third kappa shape index (κ3) is 2.07. The van der Waals surface area contributed by atoms with E-state index < -0.39 is 11.0 Å². The van der Waals surface area contributed by atoms with Crippen molar-refractivity contribution in [2.45, 2.75) is 13.0 Å². The summed E-state index contributed by atoms with van der Waals surface area (Å²) in [5.41, 5.74) is 12.4. The first-order chi connectivity index (χ1) is 6.56. The van der Waals surface area contributed by atoms with E-state index in [0.717, 1.165) is 5.56 Å². The number of nitro groups is 1. The van der Waals surface area contributed by atoms with E-state index in [0.29, 0.717) is 5.56 Å². The second-order valence-corrected chi connectivity index (χ2v) is 3.16. The van der Waals surface area contributed by atoms with Crippen LogP contribution in [0.3, 0.4) is 0 Å². The topological polar surface area (TPSA) is 95.2 Å². The molecule has 5 nitrogen and oxygen atoms in total. The fourth-order valence-electron chi connectivity index (χ4n) is 1.25. The first-order valence-electron chi connectivity index (χ1n) is 4.27. The van der Waals surface area contributed by atoms with Crippen LogP contribution in [0, 0.1) is 17.0 Å². The van der Waals surface area contributed by atoms with E-state index in [-0.39, 0.29) is 12.2 Å². The molecule has 0 aliphatic heterocycles. The van der Waals surface area contributed by atoms with Crippen LogP contribution in [0.15, 0.2) is 18.2 Å². The van der Waals surface area contributed by atoms with Crippen LogP contribution < -0.4 is 11.5 Å². The van der Waals surface area contributed by atoms with Gasteiger partial charge >= 0.3 is 0 Å². The minimum atomic E-state index is -0.476. The molecule has 0 aromatic heterocycles. The van der Waals surface area contributed by atoms with Crippen molar-refractivity contribution >= 4 is 5.69 Å². The fraction of sp³-hybridized carbons (Fsp3) is 0.333. The normalized spacial score (nSPS) is 12.5. The van der Waals surface area contributed by atoms with Crippen LogP contribution in [-0.2, 0) is 0 Å². The lowest BCUT2D eigenvalue weighted by molar-refractivity contribution is -0.385. The summed E-state index contributed by atoms with van der Waals surface area (Å²) in [6, 6.07) is 4.48. The Morgan fingerprint density at radius 1 is 1.57 bits per heavy atom. The van der Waals surface area contributed by atoms with Crippen LogP contribution in [-0.4, -0.2) is 11.5 Å². The van der Waals surface area contributed by atoms with Crippen LogP contribution in [0.1, 0.15) is 17.2 Å². The van der Waals surface area contributed by atoms with Crippen molar-refractivity contribution < 1.29 is 4.92 Å². The Labute approximate surface area is 81.9 Å². The van der Waals surface area contributed by atoms with E-state index in [2.05, 4.69) is 0 Å². The molecule has 0 spiro atoms. The van der Waals surface area contributed by atoms with Gasteiger partial charge in [-0.25, -0.2) is 0 Å². The Balaban J connectivity index is 3.21. The van der Waals surface area contributed by atoms with Crippen LogP contribution >= 0.6 is 0 Å². The van der Waals surface area contributed by atoms with Gasteiger partial charge in [-0.3, -0.25) is 10.1 Å². The van der Waals surface area contributed by atoms with E-state index in [4.69, 9.17) is 11.5 Å². The number of nitro benzene ring substituents is 1. The molecule has 0 heterocycles. The third-order valence-electron chi connectivity index (χ3n) is 2.04. The Morgan fingerprint density at radius 3 is 2.71 bits per heavy atom. The maximum Gasteiger partial charge on any atom is 0.274 e. The van der Waals surface area contributed by atoms with E-state index >= 15 is 0 Å². The Hall–Kier alpha value is -1.46. The minimum absolute atomic E-state index is 0.0444. The first-order valence-corrected chi connectivity index (χ1v) is 4.27. The molecule has 0 radical (unpaired) electrons. The average molecular weight is 195 g/mol. The summed E-state index contributed by atoms with van der Waals surface area (Å²) in [6.45, 7) is 1.99. The summed E-state index contributed by atoms with van der Waals surface area (Å²) in [5.74, 6) is 0. The lowest BCUT2D eigenvalue weighted by atomic mass is 10.0. The number of hydrogen-bond acceptors (Lipinski definition) is 4. The molecule has 0 aliphatic carbocycles. The molecule has 1 aromatic rings. The first kappa shape index (κ1) is 10.6. The van der Waals surface area contributed by atoms with Crippen LogP contribution in [0.2, 0.25) is 0 Å². The molecule has 1 unspecified atom stereocenters. The van der Waals surface area contributed by atoms with Crippen LogP contribution in [0.5, 0.6) is 0 Å². The van der Waals surface area contributed by atoms with Crippen LogP contribution in [0.25, 0.3) is 0 Å². The molecule has 0 fully saturated rings. The number of hydrogen-bond donors (Lipinski definition) is 2. The lowest BCUT2D eigenvalue weighted by Gasteiger charge is -2.09. The van der Waals surface area contributed by atoms with E-state index in [1.165, 1.54) is 6.07 Å². The number of nitrogens with two attached hydrogens (primary N) is 2. The molecule has 1 rings (SSSR count). The highest BCUT2D eigenvalue weighted by Gasteiger charge is 2.17. The molecule has 0 amide bonds. The second kappa shape index (κ2) is 4.17. The van der Waals surface area contributed by atoms with Gasteiger partial charge in [-0.2, -0.15) is 0 Å². The van der Waals surface area contributed by atoms with Gasteiger partial charge < -0.3 is 11.5 Å². The van der Waals surface area contributed by atoms with Crippen molar-refractivity contribution in [1.29, 1.82) is 0 Å². The molecular formula is C9H13N3O2. The summed E-state index contributed by atoms with van der Waals surface area (Å²) in [5, 5.41) is 10.7. The highest BCUT2D eigenvalue weighted by atomic mass is 16.6. The van der Waals surface area contributed by atoms with Gasteiger partial charge in [0.05, 0.1) is 4.92 Å². The average Bonchev–Trinajstić information content (AvgIpc) is 2.16. The van der Waals surface area contributed by atoms with Gasteiger partial charge in [0.15, 0.2) is 0 Å². The zero-order valence-electron chi connectivity index (χ0n) is 7.93. The SMILES string of the molecule is Cc1ccc(C(N)CN)c([N+](=O)[O-])c1. The minimum Gasteiger partial charge on any atom is -0.329 e. The smallest absolute Gasteiger partial charge is 0.274 e. The molecule has 0 saturated heterocycles. The summed E-state index contributed by atoms with van der Waals surface area (Å²) < 4.78 is 0. The van der Waals surface area contributed by atoms with Gasteiger partial charge in [0.25, 0.3) is 5.69 Å². The van der Waals surface area contributed by atoms with Crippen LogP contribution in [0.4, 0.5) is 5.69 Å². The van der Waals surface area contributed by atoms with Gasteiger partial charge in [0, 0.05) is 24.2 Å². The number of rotatable bonds is 3. The van der Waals surface area contributed by atoms with E-state index in [1.54, 1.807) is 19.1 Å². The molecule has 0 bridgehead atoms. The number of benzene rings is 1. The molecule has 76 valence electrons. The highest BCUT2D eigenvalue weighted by molar-refractivity contribution is 5.44. The van der Waals surface area contributed by atoms with Gasteiger partial charge in [-0.05, 0) is 12.5 Å². The predicted octanol–water partition coefficient (Wildman–Crippen LogP) is 0.862. The Kier molecular flexibility index (Phi) is 3.16. The van der Waals surface area contributed by atoms with Crippen molar-refractivity contribution in [2.24, 2.45) is 11.5 Å². The molecule has 1 atom stereocenters. The summed E-state index contributed by atoms with van der Waals surface area (Å²) in [4.78, 5) is 10.3. The van der Waals surface area contributed by atoms with Gasteiger partial charge in [0.1, 0.15) is 0 Å². The summed E-state index contributed by atoms with van der Waals surface area (Å²) >= 11 is 0. The molecular weight excluding hydrogens is 182 g/mol. The molecule has 4 N–H and O–H groups in total. The molecule has 5 heteroatoms. The molecule has 1 aromatic carbocycles. The maximum atomic E-state index is 10.7. The highest BCUT2D eigenvalue weighted by Crippen LogP contribution is 2.24. The van der Waals surface area contributed by atoms with Gasteiger partial charge in [0.2, 0.25) is 0 Å². The third-order valence-corrected chi connectivity index (χ3v) is 2.04. The van der Waals surface area contributed by atoms with Crippen molar-refractivity contribution in [1.82, 2.24) is 0 Å². The summed E-state index contributed by atoms with van der Waals surface area (Å²) in [6.07, 6.45) is 0. The molecule has 0 saturated carbocycles. The summed E-state index contributed by atoms with van der Waals surface area (Å²) in [7, 11) is 0. The number of nitrogens with zero attached hydrogens (tertiary/aromatic N) is 1. The zero-order valence-corrected chi connectivity index (χ0v) is 7.93. The second-order valence-electron chi connectivity index (χ2n) is 3.16. The monoisotopic (exact) mass is 195 g/mol. The predicted molar refractivity (Wildman–Crippen MR) is 53.8 cm³/mol. The van der Waals surface area contributed by atoms with Crippen molar-refractivity contribution in [3.63, 3.8) is 0 Å². The van der Waals surface area contributed by atoms with Crippen molar-refractivity contribution in [2.75, 3.05) is 6.54 Å².